The second-order valence-electron chi connectivity index (χ2n) is 5.85. The highest BCUT2D eigenvalue weighted by atomic mass is 32.1. The summed E-state index contributed by atoms with van der Waals surface area (Å²) in [5.41, 5.74) is 1.04. The molecule has 2 aromatic rings. The molecule has 0 saturated heterocycles. The van der Waals surface area contributed by atoms with Crippen LogP contribution in [0.4, 0.5) is 0 Å². The van der Waals surface area contributed by atoms with E-state index in [4.69, 9.17) is 4.74 Å². The molecule has 0 radical (unpaired) electrons. The number of hydrogen-bond acceptors (Lipinski definition) is 4. The van der Waals surface area contributed by atoms with E-state index in [-0.39, 0.29) is 5.60 Å². The van der Waals surface area contributed by atoms with Gasteiger partial charge in [-0.2, -0.15) is 0 Å². The van der Waals surface area contributed by atoms with Crippen LogP contribution in [0.15, 0.2) is 24.3 Å². The van der Waals surface area contributed by atoms with Crippen LogP contribution in [0, 0.1) is 0 Å². The molecule has 0 spiro atoms. The summed E-state index contributed by atoms with van der Waals surface area (Å²) in [6, 6.07) is 8.76. The Morgan fingerprint density at radius 3 is 2.80 bits per heavy atom. The van der Waals surface area contributed by atoms with E-state index in [1.54, 1.807) is 18.4 Å². The van der Waals surface area contributed by atoms with Gasteiger partial charge >= 0.3 is 0 Å². The van der Waals surface area contributed by atoms with Crippen LogP contribution in [0.1, 0.15) is 32.2 Å². The predicted octanol–water partition coefficient (Wildman–Crippen LogP) is 3.63. The Hall–Kier alpha value is -0.970. The molecule has 4 heteroatoms. The Bertz CT molecular complexity index is 517. The highest BCUT2D eigenvalue weighted by Gasteiger charge is 2.19. The molecule has 20 heavy (non-hydrogen) atoms. The van der Waals surface area contributed by atoms with Gasteiger partial charge in [0.05, 0.1) is 20.8 Å². The molecule has 0 aliphatic carbocycles. The standard InChI is InChI=1S/C16H24N2OS/c1-12(11-16(2,3)19-4)17-10-9-15-18-13-7-5-6-8-14(13)20-15/h5-8,12,17H,9-11H2,1-4H3. The highest BCUT2D eigenvalue weighted by Crippen LogP contribution is 2.21. The molecule has 0 amide bonds. The van der Waals surface area contributed by atoms with E-state index in [0.717, 1.165) is 24.9 Å². The van der Waals surface area contributed by atoms with Gasteiger partial charge in [0.1, 0.15) is 0 Å². The molecule has 2 rings (SSSR count). The zero-order chi connectivity index (χ0) is 14.6. The molecule has 1 N–H and O–H groups in total. The maximum Gasteiger partial charge on any atom is 0.0951 e. The molecule has 0 aliphatic rings. The lowest BCUT2D eigenvalue weighted by atomic mass is 10.00. The summed E-state index contributed by atoms with van der Waals surface area (Å²) in [6.45, 7) is 7.41. The minimum absolute atomic E-state index is 0.0672. The summed E-state index contributed by atoms with van der Waals surface area (Å²) in [5.74, 6) is 0. The van der Waals surface area contributed by atoms with E-state index in [1.807, 2.05) is 6.07 Å². The maximum absolute atomic E-state index is 5.46. The lowest BCUT2D eigenvalue weighted by Gasteiger charge is -2.27. The summed E-state index contributed by atoms with van der Waals surface area (Å²) in [5, 5.41) is 4.76. The number of nitrogens with zero attached hydrogens (tertiary/aromatic N) is 1. The molecule has 1 heterocycles. The van der Waals surface area contributed by atoms with Gasteiger partial charge in [0.2, 0.25) is 0 Å². The molecule has 0 aliphatic heterocycles. The molecule has 1 aromatic heterocycles. The van der Waals surface area contributed by atoms with Gasteiger partial charge in [-0.05, 0) is 39.3 Å². The fourth-order valence-electron chi connectivity index (χ4n) is 2.35. The molecule has 1 atom stereocenters. The number of rotatable bonds is 7. The number of benzene rings is 1. The molecular weight excluding hydrogens is 268 g/mol. The first-order valence-electron chi connectivity index (χ1n) is 7.13. The van der Waals surface area contributed by atoms with Crippen molar-refractivity contribution in [1.82, 2.24) is 10.3 Å². The van der Waals surface area contributed by atoms with Crippen LogP contribution in [-0.4, -0.2) is 30.3 Å². The van der Waals surface area contributed by atoms with Crippen LogP contribution in [0.2, 0.25) is 0 Å². The second kappa shape index (κ2) is 6.66. The van der Waals surface area contributed by atoms with Gasteiger partial charge in [0, 0.05) is 26.1 Å². The lowest BCUT2D eigenvalue weighted by molar-refractivity contribution is 0.00865. The number of methoxy groups -OCH3 is 1. The Kier molecular flexibility index (Phi) is 5.13. The van der Waals surface area contributed by atoms with Gasteiger partial charge in [0.25, 0.3) is 0 Å². The Morgan fingerprint density at radius 1 is 1.35 bits per heavy atom. The van der Waals surface area contributed by atoms with Gasteiger partial charge in [0.15, 0.2) is 0 Å². The SMILES string of the molecule is COC(C)(C)CC(C)NCCc1nc2ccccc2s1. The molecule has 0 fully saturated rings. The van der Waals surface area contributed by atoms with Gasteiger partial charge in [-0.1, -0.05) is 12.1 Å². The number of hydrogen-bond donors (Lipinski definition) is 1. The van der Waals surface area contributed by atoms with Crippen molar-refractivity contribution in [2.24, 2.45) is 0 Å². The minimum atomic E-state index is -0.0672. The number of ether oxygens (including phenoxy) is 1. The third kappa shape index (κ3) is 4.27. The van der Waals surface area contributed by atoms with Crippen molar-refractivity contribution >= 4 is 21.6 Å². The molecule has 3 nitrogen and oxygen atoms in total. The average molecular weight is 292 g/mol. The van der Waals surface area contributed by atoms with Crippen LogP contribution < -0.4 is 5.32 Å². The van der Waals surface area contributed by atoms with Crippen LogP contribution in [0.25, 0.3) is 10.2 Å². The zero-order valence-corrected chi connectivity index (χ0v) is 13.6. The van der Waals surface area contributed by atoms with Gasteiger partial charge in [-0.3, -0.25) is 0 Å². The van der Waals surface area contributed by atoms with E-state index in [0.29, 0.717) is 6.04 Å². The van der Waals surface area contributed by atoms with E-state index in [2.05, 4.69) is 49.3 Å². The number of para-hydroxylation sites is 1. The topological polar surface area (TPSA) is 34.1 Å². The summed E-state index contributed by atoms with van der Waals surface area (Å²) in [7, 11) is 1.77. The Balaban J connectivity index is 1.81. The fraction of sp³-hybridized carbons (Fsp3) is 0.562. The first-order valence-corrected chi connectivity index (χ1v) is 7.95. The number of fused-ring (bicyclic) bond motifs is 1. The fourth-order valence-corrected chi connectivity index (χ4v) is 3.31. The largest absolute Gasteiger partial charge is 0.379 e. The average Bonchev–Trinajstić information content (AvgIpc) is 2.80. The number of nitrogens with one attached hydrogen (secondary N) is 1. The normalized spacial score (nSPS) is 13.8. The van der Waals surface area contributed by atoms with E-state index in [9.17, 15) is 0 Å². The van der Waals surface area contributed by atoms with Gasteiger partial charge in [-0.25, -0.2) is 4.98 Å². The Labute approximate surface area is 125 Å². The van der Waals surface area contributed by atoms with Crippen molar-refractivity contribution in [2.45, 2.75) is 45.3 Å². The third-order valence-corrected chi connectivity index (χ3v) is 4.62. The summed E-state index contributed by atoms with van der Waals surface area (Å²) < 4.78 is 6.74. The quantitative estimate of drug-likeness (QED) is 0.846. The van der Waals surface area contributed by atoms with Crippen LogP contribution in [-0.2, 0) is 11.2 Å². The van der Waals surface area contributed by atoms with E-state index < -0.39 is 0 Å². The highest BCUT2D eigenvalue weighted by molar-refractivity contribution is 7.18. The zero-order valence-electron chi connectivity index (χ0n) is 12.8. The summed E-state index contributed by atoms with van der Waals surface area (Å²) >= 11 is 1.79. The summed E-state index contributed by atoms with van der Waals surface area (Å²) in [4.78, 5) is 4.65. The van der Waals surface area contributed by atoms with Crippen LogP contribution in [0.5, 0.6) is 0 Å². The first kappa shape index (κ1) is 15.4. The van der Waals surface area contributed by atoms with Gasteiger partial charge < -0.3 is 10.1 Å². The van der Waals surface area contributed by atoms with Crippen molar-refractivity contribution in [3.8, 4) is 0 Å². The minimum Gasteiger partial charge on any atom is -0.379 e. The Morgan fingerprint density at radius 2 is 2.10 bits per heavy atom. The maximum atomic E-state index is 5.46. The smallest absolute Gasteiger partial charge is 0.0951 e. The first-order chi connectivity index (χ1) is 9.50. The van der Waals surface area contributed by atoms with Crippen molar-refractivity contribution in [1.29, 1.82) is 0 Å². The second-order valence-corrected chi connectivity index (χ2v) is 6.96. The third-order valence-electron chi connectivity index (χ3n) is 3.52. The van der Waals surface area contributed by atoms with Crippen molar-refractivity contribution in [3.63, 3.8) is 0 Å². The number of thiazole rings is 1. The van der Waals surface area contributed by atoms with Crippen LogP contribution in [0.3, 0.4) is 0 Å². The molecule has 110 valence electrons. The van der Waals surface area contributed by atoms with E-state index >= 15 is 0 Å². The van der Waals surface area contributed by atoms with Gasteiger partial charge in [-0.15, -0.1) is 11.3 Å². The number of aromatic nitrogens is 1. The van der Waals surface area contributed by atoms with Crippen molar-refractivity contribution in [3.05, 3.63) is 29.3 Å². The summed E-state index contributed by atoms with van der Waals surface area (Å²) in [6.07, 6.45) is 1.99. The van der Waals surface area contributed by atoms with Crippen molar-refractivity contribution in [2.75, 3.05) is 13.7 Å². The predicted molar refractivity (Wildman–Crippen MR) is 86.5 cm³/mol. The molecule has 0 bridgehead atoms. The molecular formula is C16H24N2OS. The van der Waals surface area contributed by atoms with E-state index in [1.165, 1.54) is 9.71 Å². The van der Waals surface area contributed by atoms with Crippen molar-refractivity contribution < 1.29 is 4.74 Å². The molecule has 0 saturated carbocycles. The lowest BCUT2D eigenvalue weighted by Crippen LogP contribution is -2.36. The molecule has 1 unspecified atom stereocenters. The van der Waals surface area contributed by atoms with Crippen LogP contribution >= 0.6 is 11.3 Å². The monoisotopic (exact) mass is 292 g/mol. The molecule has 1 aromatic carbocycles.